The topological polar surface area (TPSA) is 89.4 Å². The maximum atomic E-state index is 13.6. The maximum absolute atomic E-state index is 13.6. The third-order valence-corrected chi connectivity index (χ3v) is 6.14. The Labute approximate surface area is 193 Å². The molecule has 0 fully saturated rings. The minimum Gasteiger partial charge on any atom is -0.467 e. The number of halogens is 1. The Morgan fingerprint density at radius 2 is 2.03 bits per heavy atom. The number of thioether (sulfide) groups is 1. The molecule has 0 aliphatic carbocycles. The van der Waals surface area contributed by atoms with Crippen LogP contribution in [0.5, 0.6) is 0 Å². The van der Waals surface area contributed by atoms with Gasteiger partial charge in [0, 0.05) is 6.42 Å². The molecular formula is C23H19FN6O2S. The summed E-state index contributed by atoms with van der Waals surface area (Å²) in [5, 5.41) is 18.1. The van der Waals surface area contributed by atoms with Gasteiger partial charge in [0.2, 0.25) is 5.16 Å². The van der Waals surface area contributed by atoms with E-state index in [1.807, 2.05) is 37.3 Å². The molecule has 2 aromatic carbocycles. The molecule has 0 N–H and O–H groups in total. The van der Waals surface area contributed by atoms with Gasteiger partial charge < -0.3 is 4.42 Å². The fourth-order valence-electron chi connectivity index (χ4n) is 3.59. The summed E-state index contributed by atoms with van der Waals surface area (Å²) in [6.07, 6.45) is 2.14. The zero-order valence-corrected chi connectivity index (χ0v) is 18.4. The van der Waals surface area contributed by atoms with Crippen LogP contribution in [-0.2, 0) is 4.79 Å². The first-order valence-corrected chi connectivity index (χ1v) is 11.2. The lowest BCUT2D eigenvalue weighted by molar-refractivity contribution is -0.130. The second kappa shape index (κ2) is 8.99. The molecule has 0 radical (unpaired) electrons. The van der Waals surface area contributed by atoms with Crippen molar-refractivity contribution in [2.75, 3.05) is 5.75 Å². The molecule has 0 saturated heterocycles. The Hall–Kier alpha value is -3.79. The number of carbonyl (C=O) groups is 1. The van der Waals surface area contributed by atoms with E-state index in [2.05, 4.69) is 20.6 Å². The van der Waals surface area contributed by atoms with Crippen LogP contribution in [0.1, 0.15) is 29.3 Å². The Bertz CT molecular complexity index is 1300. The second-order valence-corrected chi connectivity index (χ2v) is 8.47. The summed E-state index contributed by atoms with van der Waals surface area (Å²) in [5.41, 5.74) is 3.42. The zero-order valence-electron chi connectivity index (χ0n) is 17.6. The van der Waals surface area contributed by atoms with E-state index in [1.54, 1.807) is 24.5 Å². The van der Waals surface area contributed by atoms with E-state index >= 15 is 0 Å². The largest absolute Gasteiger partial charge is 0.467 e. The van der Waals surface area contributed by atoms with Gasteiger partial charge >= 0.3 is 0 Å². The first-order valence-electron chi connectivity index (χ1n) is 10.3. The molecule has 8 nitrogen and oxygen atoms in total. The van der Waals surface area contributed by atoms with Crippen LogP contribution in [0.4, 0.5) is 4.39 Å². The van der Waals surface area contributed by atoms with E-state index < -0.39 is 5.82 Å². The van der Waals surface area contributed by atoms with Crippen LogP contribution in [0.25, 0.3) is 5.69 Å². The van der Waals surface area contributed by atoms with E-state index in [-0.39, 0.29) is 17.7 Å². The zero-order chi connectivity index (χ0) is 22.8. The van der Waals surface area contributed by atoms with Crippen molar-refractivity contribution in [2.45, 2.75) is 24.5 Å². The maximum Gasteiger partial charge on any atom is 0.253 e. The fourth-order valence-corrected chi connectivity index (χ4v) is 4.34. The molecule has 166 valence electrons. The van der Waals surface area contributed by atoms with Crippen molar-refractivity contribution >= 4 is 23.4 Å². The number of furan rings is 1. The molecule has 1 amide bonds. The number of carbonyl (C=O) groups excluding carboxylic acids is 1. The molecule has 1 atom stereocenters. The first kappa shape index (κ1) is 21.1. The highest BCUT2D eigenvalue weighted by molar-refractivity contribution is 7.99. The van der Waals surface area contributed by atoms with Crippen molar-refractivity contribution < 1.29 is 13.6 Å². The second-order valence-electron chi connectivity index (χ2n) is 7.53. The standard InChI is InChI=1S/C23H19FN6O2S/c1-15-7-9-16(10-8-15)19-13-20(21-6-3-11-32-21)30(26-19)22(31)14-33-23-25-27-28-29(23)18-5-2-4-17(24)12-18/h2-12,20H,13-14H2,1H3. The molecule has 3 heterocycles. The molecule has 1 aliphatic rings. The lowest BCUT2D eigenvalue weighted by atomic mass is 10.0. The Morgan fingerprint density at radius 3 is 2.79 bits per heavy atom. The predicted octanol–water partition coefficient (Wildman–Crippen LogP) is 4.17. The molecule has 0 bridgehead atoms. The highest BCUT2D eigenvalue weighted by atomic mass is 32.2. The summed E-state index contributed by atoms with van der Waals surface area (Å²) in [5.74, 6) is 0.116. The van der Waals surface area contributed by atoms with Crippen LogP contribution in [0.15, 0.2) is 81.6 Å². The Balaban J connectivity index is 1.36. The van der Waals surface area contributed by atoms with Gasteiger partial charge in [-0.2, -0.15) is 9.78 Å². The quantitative estimate of drug-likeness (QED) is 0.400. The third-order valence-electron chi connectivity index (χ3n) is 5.24. The number of rotatable bonds is 6. The monoisotopic (exact) mass is 462 g/mol. The minimum absolute atomic E-state index is 0.0532. The van der Waals surface area contributed by atoms with Crippen molar-refractivity contribution in [2.24, 2.45) is 5.10 Å². The number of hydrazone groups is 1. The highest BCUT2D eigenvalue weighted by Crippen LogP contribution is 2.34. The number of aryl methyl sites for hydroxylation is 1. The highest BCUT2D eigenvalue weighted by Gasteiger charge is 2.35. The number of hydrogen-bond donors (Lipinski definition) is 0. The summed E-state index contributed by atoms with van der Waals surface area (Å²) >= 11 is 1.16. The summed E-state index contributed by atoms with van der Waals surface area (Å²) in [4.78, 5) is 13.2. The molecule has 0 spiro atoms. The molecular weight excluding hydrogens is 443 g/mol. The van der Waals surface area contributed by atoms with Crippen LogP contribution < -0.4 is 0 Å². The molecule has 1 aliphatic heterocycles. The van der Waals surface area contributed by atoms with Gasteiger partial charge in [-0.05, 0) is 53.2 Å². The van der Waals surface area contributed by atoms with Gasteiger partial charge in [0.25, 0.3) is 5.91 Å². The first-order chi connectivity index (χ1) is 16.1. The Morgan fingerprint density at radius 1 is 1.18 bits per heavy atom. The van der Waals surface area contributed by atoms with Crippen LogP contribution >= 0.6 is 11.8 Å². The lowest BCUT2D eigenvalue weighted by Gasteiger charge is -2.19. The number of hydrogen-bond acceptors (Lipinski definition) is 7. The van der Waals surface area contributed by atoms with Gasteiger partial charge in [0.1, 0.15) is 17.6 Å². The molecule has 1 unspecified atom stereocenters. The summed E-state index contributed by atoms with van der Waals surface area (Å²) in [6.45, 7) is 2.02. The van der Waals surface area contributed by atoms with Crippen LogP contribution in [0.2, 0.25) is 0 Å². The fraction of sp³-hybridized carbons (Fsp3) is 0.174. The number of tetrazole rings is 1. The number of nitrogens with zero attached hydrogens (tertiary/aromatic N) is 6. The van der Waals surface area contributed by atoms with Crippen LogP contribution in [0.3, 0.4) is 0 Å². The summed E-state index contributed by atoms with van der Waals surface area (Å²) < 4.78 is 20.6. The molecule has 5 rings (SSSR count). The van der Waals surface area contributed by atoms with E-state index in [9.17, 15) is 9.18 Å². The summed E-state index contributed by atoms with van der Waals surface area (Å²) in [7, 11) is 0. The van der Waals surface area contributed by atoms with Gasteiger partial charge in [-0.25, -0.2) is 9.40 Å². The number of amides is 1. The van der Waals surface area contributed by atoms with Crippen molar-refractivity contribution in [3.05, 3.63) is 89.6 Å². The number of aromatic nitrogens is 4. The van der Waals surface area contributed by atoms with E-state index in [0.29, 0.717) is 23.0 Å². The summed E-state index contributed by atoms with van der Waals surface area (Å²) in [6, 6.07) is 17.3. The average Bonchev–Trinajstić information content (AvgIpc) is 3.58. The molecule has 0 saturated carbocycles. The van der Waals surface area contributed by atoms with Crippen LogP contribution in [0, 0.1) is 12.7 Å². The third kappa shape index (κ3) is 4.42. The number of benzene rings is 2. The molecule has 10 heteroatoms. The van der Waals surface area contributed by atoms with Crippen molar-refractivity contribution in [1.82, 2.24) is 25.2 Å². The van der Waals surface area contributed by atoms with Gasteiger partial charge in [-0.1, -0.05) is 47.7 Å². The van der Waals surface area contributed by atoms with Crippen molar-refractivity contribution in [1.29, 1.82) is 0 Å². The normalized spacial score (nSPS) is 15.6. The predicted molar refractivity (Wildman–Crippen MR) is 120 cm³/mol. The smallest absolute Gasteiger partial charge is 0.253 e. The van der Waals surface area contributed by atoms with Gasteiger partial charge in [-0.15, -0.1) is 5.10 Å². The van der Waals surface area contributed by atoms with Gasteiger partial charge in [-0.3, -0.25) is 4.79 Å². The average molecular weight is 463 g/mol. The van der Waals surface area contributed by atoms with Crippen molar-refractivity contribution in [3.63, 3.8) is 0 Å². The molecule has 2 aromatic heterocycles. The molecule has 4 aromatic rings. The van der Waals surface area contributed by atoms with E-state index in [1.165, 1.54) is 21.8 Å². The SMILES string of the molecule is Cc1ccc(C2=NN(C(=O)CSc3nnnn3-c3cccc(F)c3)C(c3ccco3)C2)cc1. The van der Waals surface area contributed by atoms with E-state index in [4.69, 9.17) is 4.42 Å². The molecule has 33 heavy (non-hydrogen) atoms. The van der Waals surface area contributed by atoms with Gasteiger partial charge in [0.05, 0.1) is 23.4 Å². The minimum atomic E-state index is -0.397. The van der Waals surface area contributed by atoms with Crippen molar-refractivity contribution in [3.8, 4) is 5.69 Å². The van der Waals surface area contributed by atoms with Gasteiger partial charge in [0.15, 0.2) is 0 Å². The van der Waals surface area contributed by atoms with Crippen LogP contribution in [-0.4, -0.2) is 42.6 Å². The Kier molecular flexibility index (Phi) is 5.74. The van der Waals surface area contributed by atoms with E-state index in [0.717, 1.165) is 28.6 Å². The lowest BCUT2D eigenvalue weighted by Crippen LogP contribution is -2.28.